The molecule has 4 nitrogen and oxygen atoms in total. The van der Waals surface area contributed by atoms with Gasteiger partial charge in [0.1, 0.15) is 12.1 Å². The van der Waals surface area contributed by atoms with Crippen molar-refractivity contribution in [2.45, 2.75) is 6.92 Å². The van der Waals surface area contributed by atoms with E-state index in [-0.39, 0.29) is 56.7 Å². The minimum Gasteiger partial charge on any atom is -0.412 e. The van der Waals surface area contributed by atoms with Gasteiger partial charge in [0.25, 0.3) is 0 Å². The second-order valence-corrected chi connectivity index (χ2v) is 4.53. The fraction of sp³-hybridized carbons (Fsp3) is 0.0625. The Morgan fingerprint density at radius 1 is 1.05 bits per heavy atom. The van der Waals surface area contributed by atoms with E-state index < -0.39 is 0 Å². The molecule has 22 heavy (non-hydrogen) atoms. The van der Waals surface area contributed by atoms with Crippen LogP contribution in [0.5, 0.6) is 0 Å². The van der Waals surface area contributed by atoms with Gasteiger partial charge in [0.15, 0.2) is 0 Å². The molecular weight excluding hydrogens is 390 g/mol. The summed E-state index contributed by atoms with van der Waals surface area (Å²) in [4.78, 5) is 8.61. The van der Waals surface area contributed by atoms with Crippen molar-refractivity contribution in [1.29, 1.82) is 0 Å². The van der Waals surface area contributed by atoms with E-state index >= 15 is 0 Å². The van der Waals surface area contributed by atoms with E-state index in [9.17, 15) is 0 Å². The van der Waals surface area contributed by atoms with E-state index in [4.69, 9.17) is 0 Å². The largest absolute Gasteiger partial charge is 0.412 e. The average molecular weight is 406 g/mol. The van der Waals surface area contributed by atoms with E-state index in [1.54, 1.807) is 6.33 Å². The normalized spacial score (nSPS) is 9.14. The monoisotopic (exact) mass is 406 g/mol. The van der Waals surface area contributed by atoms with Crippen LogP contribution >= 0.6 is 0 Å². The van der Waals surface area contributed by atoms with Crippen LogP contribution in [0.2, 0.25) is 0 Å². The second kappa shape index (κ2) is 9.29. The molecule has 0 saturated heterocycles. The van der Waals surface area contributed by atoms with E-state index in [1.165, 1.54) is 5.56 Å². The molecule has 2 aromatic carbocycles. The smallest absolute Gasteiger partial charge is 0.130 e. The molecule has 0 aliphatic rings. The van der Waals surface area contributed by atoms with Gasteiger partial charge in [-0.1, -0.05) is 29.4 Å². The summed E-state index contributed by atoms with van der Waals surface area (Å²) in [5, 5.41) is 4.35. The van der Waals surface area contributed by atoms with Crippen molar-refractivity contribution in [2.24, 2.45) is 0 Å². The number of nitrogens with one attached hydrogen (secondary N) is 1. The van der Waals surface area contributed by atoms with Crippen LogP contribution in [-0.2, 0) is 51.3 Å². The van der Waals surface area contributed by atoms with Crippen LogP contribution in [-0.4, -0.2) is 15.4 Å². The van der Waals surface area contributed by atoms with Gasteiger partial charge < -0.3 is 10.8 Å². The predicted molar refractivity (Wildman–Crippen MR) is 82.1 cm³/mol. The number of hydrogen-bond acceptors (Lipinski definition) is 3. The Morgan fingerprint density at radius 2 is 1.77 bits per heavy atom. The average Bonchev–Trinajstić information content (AvgIpc) is 2.42. The Morgan fingerprint density at radius 3 is 2.50 bits per heavy atom. The molecule has 3 N–H and O–H groups in total. The van der Waals surface area contributed by atoms with Gasteiger partial charge in [0, 0.05) is 56.7 Å². The Labute approximate surface area is 167 Å². The molecule has 3 aromatic rings. The molecule has 3 rings (SSSR count). The number of aromatic nitrogens is 2. The maximum atomic E-state index is 4.33. The minimum atomic E-state index is 0. The molecule has 0 spiro atoms. The molecule has 2 radical (unpaired) electrons. The molecule has 0 bridgehead atoms. The zero-order valence-electron chi connectivity index (χ0n) is 12.2. The Hall–Kier alpha value is -0.902. The summed E-state index contributed by atoms with van der Waals surface area (Å²) in [6, 6.07) is 14.1. The zero-order valence-corrected chi connectivity index (χ0v) is 16.5. The first-order chi connectivity index (χ1) is 9.24. The maximum Gasteiger partial charge on any atom is 0.130 e. The minimum absolute atomic E-state index is 0. The molecule has 0 aliphatic carbocycles. The molecule has 0 fully saturated rings. The van der Waals surface area contributed by atoms with Crippen molar-refractivity contribution in [3.8, 4) is 0 Å². The molecule has 0 saturated carbocycles. The number of fused-ring (bicyclic) bond motifs is 1. The van der Waals surface area contributed by atoms with E-state index in [0.717, 1.165) is 28.0 Å². The predicted octanol–water partition coefficient (Wildman–Crippen LogP) is 3.03. The van der Waals surface area contributed by atoms with E-state index in [1.807, 2.05) is 30.3 Å². The molecule has 110 valence electrons. The number of rotatable bonds is 2. The van der Waals surface area contributed by atoms with Crippen LogP contribution in [0.15, 0.2) is 48.8 Å². The first-order valence-corrected chi connectivity index (χ1v) is 6.13. The van der Waals surface area contributed by atoms with Gasteiger partial charge in [0.05, 0.1) is 5.52 Å². The van der Waals surface area contributed by atoms with Crippen LogP contribution in [0.25, 0.3) is 10.9 Å². The summed E-state index contributed by atoms with van der Waals surface area (Å²) in [5.41, 5.74) is 4.03. The summed E-state index contributed by atoms with van der Waals surface area (Å²) in [6.07, 6.45) is 1.58. The number of nitrogens with zero attached hydrogens (tertiary/aromatic N) is 2. The van der Waals surface area contributed by atoms with Crippen molar-refractivity contribution >= 4 is 22.4 Å². The van der Waals surface area contributed by atoms with Crippen molar-refractivity contribution in [2.75, 3.05) is 5.32 Å². The van der Waals surface area contributed by atoms with Gasteiger partial charge in [-0.05, 0) is 19.1 Å². The maximum absolute atomic E-state index is 4.33. The number of aryl methyl sites for hydroxylation is 1. The van der Waals surface area contributed by atoms with Crippen molar-refractivity contribution in [1.82, 2.24) is 9.97 Å². The number of hydrogen-bond donors (Lipinski definition) is 1. The Kier molecular flexibility index (Phi) is 8.90. The molecule has 0 unspecified atom stereocenters. The summed E-state index contributed by atoms with van der Waals surface area (Å²) >= 11 is 0. The van der Waals surface area contributed by atoms with Gasteiger partial charge >= 0.3 is 0 Å². The van der Waals surface area contributed by atoms with Gasteiger partial charge in [0.2, 0.25) is 0 Å². The van der Waals surface area contributed by atoms with E-state index in [0.29, 0.717) is 0 Å². The molecule has 6 heteroatoms. The molecule has 0 atom stereocenters. The van der Waals surface area contributed by atoms with Gasteiger partial charge in [-0.15, -0.1) is 6.07 Å². The third-order valence-corrected chi connectivity index (χ3v) is 3.06. The van der Waals surface area contributed by atoms with E-state index in [2.05, 4.69) is 41.3 Å². The summed E-state index contributed by atoms with van der Waals surface area (Å²) < 4.78 is 0. The number of para-hydroxylation sites is 1. The topological polar surface area (TPSA) is 69.3 Å². The van der Waals surface area contributed by atoms with Crippen LogP contribution in [0.4, 0.5) is 11.5 Å². The Bertz CT molecular complexity index is 752. The molecule has 1 heterocycles. The van der Waals surface area contributed by atoms with Crippen LogP contribution in [0.3, 0.4) is 0 Å². The molecule has 0 aliphatic heterocycles. The standard InChI is InChI=1S/C16H14N3.H2O.V.Y/c1-11-7-8-15-13(9-11)16(18-10-17-15)19-14-6-4-3-5-12(14)2;;;/h3-10H,2H2,1H3,(H,17,18,19);1H2;;/q-1;;;. The summed E-state index contributed by atoms with van der Waals surface area (Å²) in [7, 11) is 0. The number of benzene rings is 2. The fourth-order valence-corrected chi connectivity index (χ4v) is 2.04. The van der Waals surface area contributed by atoms with Gasteiger partial charge in [-0.25, -0.2) is 9.97 Å². The van der Waals surface area contributed by atoms with Crippen LogP contribution in [0, 0.1) is 13.8 Å². The van der Waals surface area contributed by atoms with Crippen LogP contribution < -0.4 is 5.32 Å². The summed E-state index contributed by atoms with van der Waals surface area (Å²) in [5.74, 6) is 0.810. The first-order valence-electron chi connectivity index (χ1n) is 6.13. The fourth-order valence-electron chi connectivity index (χ4n) is 2.04. The number of anilines is 2. The molecule has 1 aromatic heterocycles. The van der Waals surface area contributed by atoms with Gasteiger partial charge in [-0.3, -0.25) is 0 Å². The Balaban J connectivity index is 0.00000147. The third-order valence-electron chi connectivity index (χ3n) is 3.06. The molecule has 0 amide bonds. The van der Waals surface area contributed by atoms with Crippen molar-refractivity contribution < 1.29 is 56.7 Å². The zero-order chi connectivity index (χ0) is 13.2. The SMILES string of the molecule is O.[CH2-]c1ccccc1Nc1ncnc2ccc(C)cc12.[V].[Y]. The van der Waals surface area contributed by atoms with Crippen molar-refractivity contribution in [3.05, 3.63) is 66.8 Å². The third kappa shape index (κ3) is 4.55. The van der Waals surface area contributed by atoms with Crippen LogP contribution in [0.1, 0.15) is 11.1 Å². The second-order valence-electron chi connectivity index (χ2n) is 4.53. The first kappa shape index (κ1) is 21.1. The van der Waals surface area contributed by atoms with Gasteiger partial charge in [-0.2, -0.15) is 18.6 Å². The quantitative estimate of drug-likeness (QED) is 0.666. The molecular formula is C16H16N3OVY-. The van der Waals surface area contributed by atoms with Crippen molar-refractivity contribution in [3.63, 3.8) is 0 Å². The summed E-state index contributed by atoms with van der Waals surface area (Å²) in [6.45, 7) is 6.07.